The first-order chi connectivity index (χ1) is 21.4. The van der Waals surface area contributed by atoms with Gasteiger partial charge in [0, 0.05) is 18.8 Å². The summed E-state index contributed by atoms with van der Waals surface area (Å²) in [6.07, 6.45) is -4.54. The number of alkyl halides is 3. The molecule has 1 fully saturated rings. The van der Waals surface area contributed by atoms with Crippen molar-refractivity contribution in [3.05, 3.63) is 65.4 Å². The Labute approximate surface area is 272 Å². The molecule has 16 heteroatoms. The van der Waals surface area contributed by atoms with Crippen molar-refractivity contribution in [2.45, 2.75) is 88.7 Å². The lowest BCUT2D eigenvalue weighted by atomic mass is 10.1. The van der Waals surface area contributed by atoms with Crippen molar-refractivity contribution in [2.75, 3.05) is 11.9 Å². The lowest BCUT2D eigenvalue weighted by Gasteiger charge is -2.30. The highest BCUT2D eigenvalue weighted by Gasteiger charge is 2.47. The fourth-order valence-corrected chi connectivity index (χ4v) is 5.22. The summed E-state index contributed by atoms with van der Waals surface area (Å²) < 4.78 is 78.0. The molecule has 0 bridgehead atoms. The maximum atomic E-state index is 13.6. The molecule has 0 aromatic heterocycles. The molecule has 1 aliphatic carbocycles. The van der Waals surface area contributed by atoms with Crippen molar-refractivity contribution in [1.82, 2.24) is 9.31 Å². The number of nitrogens with two attached hydrogens (primary N) is 2. The quantitative estimate of drug-likeness (QED) is 0.261. The van der Waals surface area contributed by atoms with E-state index in [1.165, 1.54) is 24.4 Å². The highest BCUT2D eigenvalue weighted by molar-refractivity contribution is 7.89. The summed E-state index contributed by atoms with van der Waals surface area (Å²) >= 11 is 0. The Hall–Kier alpha value is -4.49. The summed E-state index contributed by atoms with van der Waals surface area (Å²) in [5.41, 5.74) is 2.58. The van der Waals surface area contributed by atoms with E-state index in [1.807, 2.05) is 0 Å². The summed E-state index contributed by atoms with van der Waals surface area (Å²) in [5, 5.41) is 10.7. The summed E-state index contributed by atoms with van der Waals surface area (Å²) in [6.45, 7) is 9.23. The summed E-state index contributed by atoms with van der Waals surface area (Å²) in [7, 11) is -3.53. The Morgan fingerprint density at radius 2 is 1.51 bits per heavy atom. The van der Waals surface area contributed by atoms with Gasteiger partial charge >= 0.3 is 18.4 Å². The van der Waals surface area contributed by atoms with E-state index in [0.29, 0.717) is 17.1 Å². The molecule has 0 spiro atoms. The first-order valence-electron chi connectivity index (χ1n) is 14.4. The van der Waals surface area contributed by atoms with Crippen LogP contribution < -0.4 is 16.5 Å². The minimum absolute atomic E-state index is 0.00183. The van der Waals surface area contributed by atoms with E-state index >= 15 is 0 Å². The van der Waals surface area contributed by atoms with Crippen molar-refractivity contribution < 1.29 is 40.7 Å². The molecule has 0 radical (unpaired) electrons. The number of carbonyl (C=O) groups is 2. The Balaban J connectivity index is 2.22. The third kappa shape index (κ3) is 9.07. The number of benzene rings is 2. The zero-order valence-corrected chi connectivity index (χ0v) is 28.0. The highest BCUT2D eigenvalue weighted by Crippen LogP contribution is 2.40. The van der Waals surface area contributed by atoms with Crippen LogP contribution in [0, 0.1) is 11.3 Å². The molecule has 2 amide bonds. The highest BCUT2D eigenvalue weighted by atomic mass is 32.2. The number of ether oxygens (including phenoxy) is 2. The second-order valence-electron chi connectivity index (χ2n) is 13.0. The van der Waals surface area contributed by atoms with Gasteiger partial charge in [-0.3, -0.25) is 9.91 Å². The van der Waals surface area contributed by atoms with Gasteiger partial charge in [0.25, 0.3) is 10.0 Å². The van der Waals surface area contributed by atoms with Crippen molar-refractivity contribution in [3.63, 3.8) is 0 Å². The molecule has 47 heavy (non-hydrogen) atoms. The molecule has 4 N–H and O–H groups in total. The van der Waals surface area contributed by atoms with E-state index in [0.717, 1.165) is 41.2 Å². The number of hydrogen-bond acceptors (Lipinski definition) is 10. The third-order valence-corrected chi connectivity index (χ3v) is 8.54. The molecular formula is C31H39F3N6O6S. The number of halogens is 3. The van der Waals surface area contributed by atoms with Gasteiger partial charge in [-0.15, -0.1) is 0 Å². The Kier molecular flexibility index (Phi) is 10.2. The Bertz CT molecular complexity index is 1690. The van der Waals surface area contributed by atoms with E-state index in [-0.39, 0.29) is 29.1 Å². The topological polar surface area (TPSA) is 172 Å². The summed E-state index contributed by atoms with van der Waals surface area (Å²) in [6, 6.07) is 9.71. The number of carbonyl (C=O) groups excluding carboxylic acids is 2. The van der Waals surface area contributed by atoms with Crippen LogP contribution in [-0.2, 0) is 32.2 Å². The summed E-state index contributed by atoms with van der Waals surface area (Å²) in [4.78, 5) is 27.0. The number of hydrazine groups is 1. The minimum atomic E-state index is -4.58. The molecule has 2 aromatic carbocycles. The van der Waals surface area contributed by atoms with Crippen molar-refractivity contribution >= 4 is 33.6 Å². The van der Waals surface area contributed by atoms with Gasteiger partial charge in [0.15, 0.2) is 0 Å². The molecular weight excluding hydrogens is 641 g/mol. The SMILES string of the molecule is CN(C(=O)OC(C)(C)C)S(=O)(=O)c1ccc(N(Cc2ccc(C(F)(F)F)cc2)C(=O)OC(C)(C)C)c(/C(N)=C/N(N)C2(C#N)CC2)c1. The molecule has 1 aliphatic rings. The maximum absolute atomic E-state index is 13.6. The van der Waals surface area contributed by atoms with Gasteiger partial charge in [-0.1, -0.05) is 12.1 Å². The van der Waals surface area contributed by atoms with Crippen LogP contribution in [0.15, 0.2) is 53.6 Å². The van der Waals surface area contributed by atoms with Crippen LogP contribution >= 0.6 is 0 Å². The van der Waals surface area contributed by atoms with Crippen LogP contribution in [0.1, 0.15) is 71.1 Å². The van der Waals surface area contributed by atoms with Crippen LogP contribution in [0.4, 0.5) is 28.4 Å². The largest absolute Gasteiger partial charge is 0.443 e. The lowest BCUT2D eigenvalue weighted by Crippen LogP contribution is -2.39. The molecule has 2 aromatic rings. The average molecular weight is 681 g/mol. The van der Waals surface area contributed by atoms with Crippen molar-refractivity contribution in [3.8, 4) is 6.07 Å². The molecule has 0 unspecified atom stereocenters. The number of nitriles is 1. The molecule has 1 saturated carbocycles. The smallest absolute Gasteiger partial charge is 0.424 e. The summed E-state index contributed by atoms with van der Waals surface area (Å²) in [5.74, 6) is 6.14. The van der Waals surface area contributed by atoms with Crippen LogP contribution in [0.5, 0.6) is 0 Å². The second-order valence-corrected chi connectivity index (χ2v) is 15.0. The first-order valence-corrected chi connectivity index (χ1v) is 15.8. The normalized spacial score (nSPS) is 14.9. The Morgan fingerprint density at radius 1 is 0.979 bits per heavy atom. The molecule has 0 saturated heterocycles. The van der Waals surface area contributed by atoms with E-state index in [4.69, 9.17) is 21.1 Å². The fourth-order valence-electron chi connectivity index (χ4n) is 4.16. The van der Waals surface area contributed by atoms with Gasteiger partial charge < -0.3 is 15.2 Å². The van der Waals surface area contributed by atoms with E-state index in [1.54, 1.807) is 41.5 Å². The van der Waals surface area contributed by atoms with Crippen LogP contribution in [0.25, 0.3) is 5.70 Å². The molecule has 12 nitrogen and oxygen atoms in total. The molecule has 0 aliphatic heterocycles. The number of rotatable bonds is 8. The zero-order chi connectivity index (χ0) is 35.8. The lowest BCUT2D eigenvalue weighted by molar-refractivity contribution is -0.137. The number of sulfonamides is 1. The Morgan fingerprint density at radius 3 is 1.98 bits per heavy atom. The van der Waals surface area contributed by atoms with Crippen LogP contribution in [-0.4, -0.2) is 53.7 Å². The van der Waals surface area contributed by atoms with Gasteiger partial charge in [0.1, 0.15) is 16.7 Å². The molecule has 3 rings (SSSR count). The maximum Gasteiger partial charge on any atom is 0.424 e. The van der Waals surface area contributed by atoms with Gasteiger partial charge in [-0.2, -0.15) is 18.4 Å². The second kappa shape index (κ2) is 13.0. The van der Waals surface area contributed by atoms with Crippen LogP contribution in [0.2, 0.25) is 0 Å². The van der Waals surface area contributed by atoms with Gasteiger partial charge in [0.2, 0.25) is 0 Å². The third-order valence-electron chi connectivity index (χ3n) is 6.82. The first kappa shape index (κ1) is 37.0. The van der Waals surface area contributed by atoms with Gasteiger partial charge in [-0.05, 0) is 90.3 Å². The number of amides is 2. The van der Waals surface area contributed by atoms with Gasteiger partial charge in [0.05, 0.1) is 34.5 Å². The average Bonchev–Trinajstić information content (AvgIpc) is 3.74. The predicted molar refractivity (Wildman–Crippen MR) is 167 cm³/mol. The van der Waals surface area contributed by atoms with Crippen LogP contribution in [0.3, 0.4) is 0 Å². The van der Waals surface area contributed by atoms with Crippen molar-refractivity contribution in [2.24, 2.45) is 11.6 Å². The number of hydrogen-bond donors (Lipinski definition) is 2. The fraction of sp³-hybridized carbons (Fsp3) is 0.452. The van der Waals surface area contributed by atoms with Crippen molar-refractivity contribution in [1.29, 1.82) is 5.26 Å². The zero-order valence-electron chi connectivity index (χ0n) is 27.2. The minimum Gasteiger partial charge on any atom is -0.443 e. The monoisotopic (exact) mass is 680 g/mol. The predicted octanol–water partition coefficient (Wildman–Crippen LogP) is 5.69. The molecule has 0 atom stereocenters. The number of anilines is 1. The molecule has 0 heterocycles. The molecule has 256 valence electrons. The van der Waals surface area contributed by atoms with E-state index < -0.39 is 55.6 Å². The van der Waals surface area contributed by atoms with E-state index in [9.17, 15) is 36.4 Å². The van der Waals surface area contributed by atoms with E-state index in [2.05, 4.69) is 6.07 Å². The standard InChI is InChI=1S/C31H39F3N6O6S/c1-28(2,3)45-26(41)38(7)47(43,44)22-12-13-25(23(16-22)24(36)18-40(37)30(19-35)14-15-30)39(27(42)46-29(4,5)6)17-20-8-10-21(11-9-20)31(32,33)34/h8-13,16,18H,14-15,17,36-37H2,1-7H3/b24-18-. The number of nitrogens with zero attached hydrogens (tertiary/aromatic N) is 4. The van der Waals surface area contributed by atoms with Gasteiger partial charge in [-0.25, -0.2) is 28.2 Å².